The van der Waals surface area contributed by atoms with Crippen molar-refractivity contribution in [2.24, 2.45) is 0 Å². The van der Waals surface area contributed by atoms with Crippen LogP contribution >= 0.6 is 0 Å². The molecule has 2 N–H and O–H groups in total. The van der Waals surface area contributed by atoms with Gasteiger partial charge in [0.05, 0.1) is 18.6 Å². The lowest BCUT2D eigenvalue weighted by Gasteiger charge is -2.33. The fraction of sp³-hybridized carbons (Fsp3) is 0.318. The Morgan fingerprint density at radius 1 is 1.00 bits per heavy atom. The number of nitrogens with zero attached hydrogens (tertiary/aromatic N) is 1. The monoisotopic (exact) mass is 459 g/mol. The highest BCUT2D eigenvalue weighted by Crippen LogP contribution is 2.25. The summed E-state index contributed by atoms with van der Waals surface area (Å²) in [5, 5.41) is 5.29. The molecule has 10 heteroatoms. The summed E-state index contributed by atoms with van der Waals surface area (Å²) in [5.41, 5.74) is 1.58. The Balaban J connectivity index is 1.71. The zero-order valence-corrected chi connectivity index (χ0v) is 18.4. The molecule has 0 radical (unpaired) electrons. The van der Waals surface area contributed by atoms with Crippen molar-refractivity contribution in [3.63, 3.8) is 0 Å². The zero-order valence-electron chi connectivity index (χ0n) is 17.6. The minimum atomic E-state index is -3.08. The summed E-state index contributed by atoms with van der Waals surface area (Å²) in [4.78, 5) is 38.3. The molecule has 1 saturated heterocycles. The summed E-state index contributed by atoms with van der Waals surface area (Å²) in [6, 6.07) is 14.8. The lowest BCUT2D eigenvalue weighted by atomic mass is 10.0. The second-order valence-corrected chi connectivity index (χ2v) is 9.63. The van der Waals surface area contributed by atoms with E-state index in [0.29, 0.717) is 11.3 Å². The van der Waals surface area contributed by atoms with Gasteiger partial charge in [0.1, 0.15) is 12.6 Å². The van der Waals surface area contributed by atoms with Crippen LogP contribution in [0.25, 0.3) is 0 Å². The van der Waals surface area contributed by atoms with Gasteiger partial charge < -0.3 is 15.4 Å². The van der Waals surface area contributed by atoms with E-state index in [-0.39, 0.29) is 37.0 Å². The van der Waals surface area contributed by atoms with Crippen molar-refractivity contribution in [3.8, 4) is 0 Å². The minimum absolute atomic E-state index is 0.0129. The smallest absolute Gasteiger partial charge is 0.325 e. The summed E-state index contributed by atoms with van der Waals surface area (Å²) in [6.07, 6.45) is 0. The molecule has 0 spiro atoms. The van der Waals surface area contributed by atoms with E-state index in [4.69, 9.17) is 0 Å². The van der Waals surface area contributed by atoms with E-state index < -0.39 is 27.8 Å². The molecule has 1 atom stereocenters. The van der Waals surface area contributed by atoms with Gasteiger partial charge >= 0.3 is 5.97 Å². The molecule has 2 amide bonds. The van der Waals surface area contributed by atoms with Crippen molar-refractivity contribution in [1.29, 1.82) is 0 Å². The molecule has 0 aromatic heterocycles. The summed E-state index contributed by atoms with van der Waals surface area (Å²) in [5.74, 6) is -1.26. The molecule has 0 aliphatic carbocycles. The molecule has 1 fully saturated rings. The van der Waals surface area contributed by atoms with Crippen LogP contribution in [0.1, 0.15) is 22.0 Å². The van der Waals surface area contributed by atoms with Gasteiger partial charge in [-0.25, -0.2) is 8.42 Å². The van der Waals surface area contributed by atoms with Gasteiger partial charge in [-0.1, -0.05) is 30.3 Å². The number of sulfone groups is 1. The molecular weight excluding hydrogens is 434 g/mol. The average Bonchev–Trinajstić information content (AvgIpc) is 2.79. The van der Waals surface area contributed by atoms with Crippen molar-refractivity contribution < 1.29 is 27.5 Å². The third kappa shape index (κ3) is 6.14. The van der Waals surface area contributed by atoms with Gasteiger partial charge in [-0.05, 0) is 29.8 Å². The Bertz CT molecular complexity index is 1060. The standard InChI is InChI=1S/C22H25N3O6S/c1-31-19(26)15-23-21(27)17-7-9-18(10-8-17)24-22(28)20(16-5-3-2-4-6-16)25-11-13-32(29,30)14-12-25/h2-10,20H,11-15H2,1H3,(H,23,27)(H,24,28). The first kappa shape index (κ1) is 23.4. The largest absolute Gasteiger partial charge is 0.468 e. The Morgan fingerprint density at radius 2 is 1.62 bits per heavy atom. The highest BCUT2D eigenvalue weighted by atomic mass is 32.2. The molecule has 1 aliphatic heterocycles. The number of hydrogen-bond acceptors (Lipinski definition) is 7. The fourth-order valence-corrected chi connectivity index (χ4v) is 4.62. The molecule has 3 rings (SSSR count). The third-order valence-electron chi connectivity index (χ3n) is 5.14. The molecular formula is C22H25N3O6S. The molecule has 0 saturated carbocycles. The van der Waals surface area contributed by atoms with Crippen molar-refractivity contribution in [3.05, 3.63) is 65.7 Å². The number of anilines is 1. The Labute approximate surface area is 186 Å². The lowest BCUT2D eigenvalue weighted by molar-refractivity contribution is -0.139. The average molecular weight is 460 g/mol. The molecule has 1 heterocycles. The van der Waals surface area contributed by atoms with Crippen LogP contribution in [-0.2, 0) is 24.2 Å². The van der Waals surface area contributed by atoms with E-state index in [2.05, 4.69) is 15.4 Å². The first-order chi connectivity index (χ1) is 15.3. The molecule has 2 aromatic carbocycles. The first-order valence-electron chi connectivity index (χ1n) is 10.0. The predicted octanol–water partition coefficient (Wildman–Crippen LogP) is 1.000. The van der Waals surface area contributed by atoms with Gasteiger partial charge in [0.25, 0.3) is 5.91 Å². The number of amides is 2. The van der Waals surface area contributed by atoms with Crippen molar-refractivity contribution in [1.82, 2.24) is 10.2 Å². The summed E-state index contributed by atoms with van der Waals surface area (Å²) < 4.78 is 28.1. The van der Waals surface area contributed by atoms with E-state index in [9.17, 15) is 22.8 Å². The van der Waals surface area contributed by atoms with Gasteiger partial charge in [0.2, 0.25) is 5.91 Å². The maximum absolute atomic E-state index is 13.2. The lowest BCUT2D eigenvalue weighted by Crippen LogP contribution is -2.46. The maximum atomic E-state index is 13.2. The third-order valence-corrected chi connectivity index (χ3v) is 6.75. The van der Waals surface area contributed by atoms with E-state index in [1.54, 1.807) is 12.1 Å². The number of carbonyl (C=O) groups excluding carboxylic acids is 3. The molecule has 1 unspecified atom stereocenters. The minimum Gasteiger partial charge on any atom is -0.468 e. The van der Waals surface area contributed by atoms with Crippen LogP contribution in [0.2, 0.25) is 0 Å². The summed E-state index contributed by atoms with van der Waals surface area (Å²) >= 11 is 0. The van der Waals surface area contributed by atoms with Gasteiger partial charge in [0, 0.05) is 24.3 Å². The molecule has 0 bridgehead atoms. The zero-order chi connectivity index (χ0) is 23.1. The number of methoxy groups -OCH3 is 1. The first-order valence-corrected chi connectivity index (χ1v) is 11.9. The van der Waals surface area contributed by atoms with Crippen molar-refractivity contribution in [2.45, 2.75) is 6.04 Å². The van der Waals surface area contributed by atoms with Gasteiger partial charge in [-0.3, -0.25) is 19.3 Å². The van der Waals surface area contributed by atoms with E-state index >= 15 is 0 Å². The predicted molar refractivity (Wildman–Crippen MR) is 119 cm³/mol. The normalized spacial score (nSPS) is 16.5. The molecule has 1 aliphatic rings. The van der Waals surface area contributed by atoms with Crippen LogP contribution in [0.3, 0.4) is 0 Å². The number of rotatable bonds is 7. The molecule has 9 nitrogen and oxygen atoms in total. The van der Waals surface area contributed by atoms with Crippen LogP contribution in [-0.4, -0.2) is 69.4 Å². The molecule has 170 valence electrons. The second-order valence-electron chi connectivity index (χ2n) is 7.33. The summed E-state index contributed by atoms with van der Waals surface area (Å²) in [7, 11) is -1.85. The quantitative estimate of drug-likeness (QED) is 0.593. The van der Waals surface area contributed by atoms with Crippen LogP contribution in [0, 0.1) is 0 Å². The Kier molecular flexibility index (Phi) is 7.60. The number of nitrogens with one attached hydrogen (secondary N) is 2. The Hall–Kier alpha value is -3.24. The highest BCUT2D eigenvalue weighted by Gasteiger charge is 2.32. The van der Waals surface area contributed by atoms with Crippen molar-refractivity contribution >= 4 is 33.3 Å². The van der Waals surface area contributed by atoms with Crippen LogP contribution < -0.4 is 10.6 Å². The van der Waals surface area contributed by atoms with Crippen LogP contribution in [0.15, 0.2) is 54.6 Å². The van der Waals surface area contributed by atoms with E-state index in [0.717, 1.165) is 5.56 Å². The highest BCUT2D eigenvalue weighted by molar-refractivity contribution is 7.91. The second kappa shape index (κ2) is 10.4. The van der Waals surface area contributed by atoms with E-state index in [1.807, 2.05) is 35.2 Å². The number of esters is 1. The van der Waals surface area contributed by atoms with Crippen molar-refractivity contribution in [2.75, 3.05) is 43.6 Å². The number of carbonyl (C=O) groups is 3. The Morgan fingerprint density at radius 3 is 2.22 bits per heavy atom. The summed E-state index contributed by atoms with van der Waals surface area (Å²) in [6.45, 7) is 0.307. The van der Waals surface area contributed by atoms with E-state index in [1.165, 1.54) is 19.2 Å². The fourth-order valence-electron chi connectivity index (χ4n) is 3.39. The SMILES string of the molecule is COC(=O)CNC(=O)c1ccc(NC(=O)C(c2ccccc2)N2CCS(=O)(=O)CC2)cc1. The topological polar surface area (TPSA) is 122 Å². The van der Waals surface area contributed by atoms with Gasteiger partial charge in [0.15, 0.2) is 9.84 Å². The number of ether oxygens (including phenoxy) is 1. The van der Waals surface area contributed by atoms with Gasteiger partial charge in [-0.2, -0.15) is 0 Å². The number of benzene rings is 2. The van der Waals surface area contributed by atoms with Crippen LogP contribution in [0.4, 0.5) is 5.69 Å². The number of hydrogen-bond donors (Lipinski definition) is 2. The molecule has 32 heavy (non-hydrogen) atoms. The van der Waals surface area contributed by atoms with Gasteiger partial charge in [-0.15, -0.1) is 0 Å². The van der Waals surface area contributed by atoms with Crippen LogP contribution in [0.5, 0.6) is 0 Å². The maximum Gasteiger partial charge on any atom is 0.325 e. The molecule has 2 aromatic rings.